The van der Waals surface area contributed by atoms with Gasteiger partial charge >= 0.3 is 0 Å². The number of pyridine rings is 3. The number of carbonyl (C=O) groups is 1. The highest BCUT2D eigenvalue weighted by molar-refractivity contribution is 5.95. The molecule has 5 rings (SSSR count). The van der Waals surface area contributed by atoms with Gasteiger partial charge in [-0.2, -0.15) is 5.10 Å². The highest BCUT2D eigenvalue weighted by Gasteiger charge is 2.20. The van der Waals surface area contributed by atoms with E-state index in [2.05, 4.69) is 40.4 Å². The summed E-state index contributed by atoms with van der Waals surface area (Å²) in [5.74, 6) is -0.222. The molecule has 0 bridgehead atoms. The summed E-state index contributed by atoms with van der Waals surface area (Å²) in [4.78, 5) is 32.0. The van der Waals surface area contributed by atoms with Gasteiger partial charge in [-0.05, 0) is 24.6 Å². The molecule has 0 atom stereocenters. The van der Waals surface area contributed by atoms with E-state index in [1.807, 2.05) is 13.0 Å². The van der Waals surface area contributed by atoms with Crippen LogP contribution in [0.4, 0.5) is 10.1 Å². The van der Waals surface area contributed by atoms with Gasteiger partial charge in [-0.3, -0.25) is 14.9 Å². The van der Waals surface area contributed by atoms with Gasteiger partial charge in [-0.1, -0.05) is 6.92 Å². The van der Waals surface area contributed by atoms with Crippen molar-refractivity contribution in [1.29, 1.82) is 0 Å². The summed E-state index contributed by atoms with van der Waals surface area (Å²) < 4.78 is 15.6. The number of carbonyl (C=O) groups excluding carboxylic acids is 1. The molecule has 5 aromatic rings. The van der Waals surface area contributed by atoms with Crippen molar-refractivity contribution in [2.45, 2.75) is 19.8 Å². The van der Waals surface area contributed by atoms with Crippen LogP contribution in [0.2, 0.25) is 0 Å². The molecular formula is C21H17FN8O. The van der Waals surface area contributed by atoms with Crippen molar-refractivity contribution in [2.24, 2.45) is 0 Å². The molecule has 0 aliphatic carbocycles. The summed E-state index contributed by atoms with van der Waals surface area (Å²) in [6, 6.07) is 5.29. The second kappa shape index (κ2) is 7.56. The number of aromatic nitrogens is 7. The van der Waals surface area contributed by atoms with Gasteiger partial charge in [0.2, 0.25) is 5.91 Å². The number of amides is 1. The normalized spacial score (nSPS) is 11.3. The lowest BCUT2D eigenvalue weighted by Gasteiger charge is -2.08. The van der Waals surface area contributed by atoms with Gasteiger partial charge < -0.3 is 10.3 Å². The van der Waals surface area contributed by atoms with Gasteiger partial charge in [-0.15, -0.1) is 0 Å². The highest BCUT2D eigenvalue weighted by Crippen LogP contribution is 2.32. The van der Waals surface area contributed by atoms with E-state index in [1.54, 1.807) is 18.3 Å². The Balaban J connectivity index is 1.59. The lowest BCUT2D eigenvalue weighted by molar-refractivity contribution is -0.116. The maximum absolute atomic E-state index is 15.6. The molecule has 10 heteroatoms. The van der Waals surface area contributed by atoms with Crippen LogP contribution in [0.3, 0.4) is 0 Å². The topological polar surface area (TPSA) is 125 Å². The van der Waals surface area contributed by atoms with Crippen LogP contribution in [0.25, 0.3) is 44.8 Å². The molecule has 0 aromatic carbocycles. The summed E-state index contributed by atoms with van der Waals surface area (Å²) in [6.07, 6.45) is 7.21. The number of aromatic amines is 2. The molecule has 0 unspecified atom stereocenters. The van der Waals surface area contributed by atoms with Gasteiger partial charge in [0.05, 0.1) is 22.8 Å². The first-order valence-corrected chi connectivity index (χ1v) is 9.73. The number of nitrogens with zero attached hydrogens (tertiary/aromatic N) is 5. The third-order valence-corrected chi connectivity index (χ3v) is 4.82. The second-order valence-corrected chi connectivity index (χ2v) is 7.00. The largest absolute Gasteiger partial charge is 0.335 e. The third kappa shape index (κ3) is 3.37. The van der Waals surface area contributed by atoms with Crippen molar-refractivity contribution < 1.29 is 9.18 Å². The van der Waals surface area contributed by atoms with E-state index in [0.29, 0.717) is 34.8 Å². The fraction of sp³-hybridized carbons (Fsp3) is 0.143. The Kier molecular flexibility index (Phi) is 4.58. The van der Waals surface area contributed by atoms with E-state index in [-0.39, 0.29) is 22.5 Å². The number of anilines is 1. The Morgan fingerprint density at radius 2 is 2.10 bits per heavy atom. The standard InChI is InChI=1S/C21H17FN8O/c1-2-4-15(31)26-12-7-11(8-23-9-12)13-10-25-20-16(17(13)22)18(29-30-20)21-27-14-5-3-6-24-19(14)28-21/h3,5-10H,2,4H2,1H3,(H,26,31)(H,24,27,28)(H,25,29,30). The number of halogens is 1. The molecule has 0 fully saturated rings. The summed E-state index contributed by atoms with van der Waals surface area (Å²) >= 11 is 0. The number of fused-ring (bicyclic) bond motifs is 2. The first kappa shape index (κ1) is 18.8. The third-order valence-electron chi connectivity index (χ3n) is 4.82. The van der Waals surface area contributed by atoms with E-state index in [1.165, 1.54) is 18.6 Å². The van der Waals surface area contributed by atoms with Crippen LogP contribution < -0.4 is 5.32 Å². The first-order chi connectivity index (χ1) is 15.1. The van der Waals surface area contributed by atoms with Crippen molar-refractivity contribution in [3.63, 3.8) is 0 Å². The molecule has 5 aromatic heterocycles. The number of nitrogens with one attached hydrogen (secondary N) is 3. The Bertz CT molecular complexity index is 1390. The zero-order valence-electron chi connectivity index (χ0n) is 16.5. The Morgan fingerprint density at radius 1 is 1.19 bits per heavy atom. The molecular weight excluding hydrogens is 399 g/mol. The van der Waals surface area contributed by atoms with Crippen LogP contribution in [0.5, 0.6) is 0 Å². The summed E-state index contributed by atoms with van der Waals surface area (Å²) in [5.41, 5.74) is 3.06. The number of rotatable bonds is 5. The fourth-order valence-corrected chi connectivity index (χ4v) is 3.39. The highest BCUT2D eigenvalue weighted by atomic mass is 19.1. The summed E-state index contributed by atoms with van der Waals surface area (Å²) in [5, 5.41) is 9.90. The molecule has 3 N–H and O–H groups in total. The van der Waals surface area contributed by atoms with E-state index >= 15 is 4.39 Å². The molecule has 0 spiro atoms. The van der Waals surface area contributed by atoms with Gasteiger partial charge in [0.25, 0.3) is 0 Å². The van der Waals surface area contributed by atoms with E-state index in [9.17, 15) is 4.79 Å². The van der Waals surface area contributed by atoms with Crippen molar-refractivity contribution in [1.82, 2.24) is 35.1 Å². The fourth-order valence-electron chi connectivity index (χ4n) is 3.39. The maximum Gasteiger partial charge on any atom is 0.224 e. The van der Waals surface area contributed by atoms with Crippen molar-refractivity contribution in [3.8, 4) is 22.6 Å². The lowest BCUT2D eigenvalue weighted by atomic mass is 10.1. The van der Waals surface area contributed by atoms with E-state index < -0.39 is 5.82 Å². The average molecular weight is 416 g/mol. The van der Waals surface area contributed by atoms with Gasteiger partial charge in [0, 0.05) is 36.1 Å². The molecule has 31 heavy (non-hydrogen) atoms. The van der Waals surface area contributed by atoms with Crippen LogP contribution in [0.1, 0.15) is 19.8 Å². The average Bonchev–Trinajstić information content (AvgIpc) is 3.38. The number of hydrogen-bond donors (Lipinski definition) is 3. The van der Waals surface area contributed by atoms with Crippen molar-refractivity contribution in [3.05, 3.63) is 48.8 Å². The van der Waals surface area contributed by atoms with E-state index in [0.717, 1.165) is 11.9 Å². The molecule has 1 amide bonds. The zero-order valence-corrected chi connectivity index (χ0v) is 16.5. The minimum absolute atomic E-state index is 0.119. The maximum atomic E-state index is 15.6. The molecule has 0 aliphatic heterocycles. The predicted octanol–water partition coefficient (Wildman–Crippen LogP) is 3.84. The summed E-state index contributed by atoms with van der Waals surface area (Å²) in [6.45, 7) is 1.92. The van der Waals surface area contributed by atoms with Crippen LogP contribution in [0, 0.1) is 5.82 Å². The van der Waals surface area contributed by atoms with Crippen LogP contribution in [-0.4, -0.2) is 41.0 Å². The van der Waals surface area contributed by atoms with Crippen LogP contribution in [0.15, 0.2) is 43.0 Å². The minimum Gasteiger partial charge on any atom is -0.335 e. The molecule has 0 aliphatic rings. The van der Waals surface area contributed by atoms with Crippen LogP contribution >= 0.6 is 0 Å². The molecule has 0 radical (unpaired) electrons. The van der Waals surface area contributed by atoms with Crippen LogP contribution in [-0.2, 0) is 4.79 Å². The second-order valence-electron chi connectivity index (χ2n) is 7.00. The first-order valence-electron chi connectivity index (χ1n) is 9.73. The molecule has 154 valence electrons. The summed E-state index contributed by atoms with van der Waals surface area (Å²) in [7, 11) is 0. The molecule has 0 saturated carbocycles. The monoisotopic (exact) mass is 416 g/mol. The number of hydrogen-bond acceptors (Lipinski definition) is 6. The number of H-pyrrole nitrogens is 2. The lowest BCUT2D eigenvalue weighted by Crippen LogP contribution is -2.10. The van der Waals surface area contributed by atoms with Gasteiger partial charge in [0.1, 0.15) is 11.5 Å². The van der Waals surface area contributed by atoms with E-state index in [4.69, 9.17) is 0 Å². The van der Waals surface area contributed by atoms with Crippen molar-refractivity contribution >= 4 is 33.8 Å². The van der Waals surface area contributed by atoms with Gasteiger partial charge in [-0.25, -0.2) is 19.3 Å². The van der Waals surface area contributed by atoms with Crippen molar-refractivity contribution in [2.75, 3.05) is 5.32 Å². The quantitative estimate of drug-likeness (QED) is 0.400. The molecule has 0 saturated heterocycles. The minimum atomic E-state index is -0.513. The zero-order chi connectivity index (χ0) is 21.4. The SMILES string of the molecule is CCCC(=O)Nc1cncc(-c2cnc3n[nH]c(-c4nc5ncccc5[nH]4)c3c2F)c1. The molecule has 9 nitrogen and oxygen atoms in total. The predicted molar refractivity (Wildman–Crippen MR) is 113 cm³/mol. The Morgan fingerprint density at radius 3 is 2.94 bits per heavy atom. The molecule has 5 heterocycles. The Labute approximate surface area is 175 Å². The number of imidazole rings is 1. The smallest absolute Gasteiger partial charge is 0.224 e. The van der Waals surface area contributed by atoms with Gasteiger partial charge in [0.15, 0.2) is 17.1 Å². The Hall–Kier alpha value is -4.21.